The molecule has 2 amide bonds. The van der Waals surface area contributed by atoms with E-state index in [1.807, 2.05) is 31.2 Å². The molecule has 0 aromatic heterocycles. The maximum atomic E-state index is 11.9. The molecule has 0 radical (unpaired) electrons. The maximum Gasteiger partial charge on any atom is 0.321 e. The number of urea groups is 1. The summed E-state index contributed by atoms with van der Waals surface area (Å²) in [6.07, 6.45) is 0. The van der Waals surface area contributed by atoms with Crippen LogP contribution in [0.2, 0.25) is 0 Å². The van der Waals surface area contributed by atoms with Crippen molar-refractivity contribution in [2.45, 2.75) is 13.0 Å². The van der Waals surface area contributed by atoms with Crippen molar-refractivity contribution in [1.82, 2.24) is 9.80 Å². The second kappa shape index (κ2) is 4.46. The summed E-state index contributed by atoms with van der Waals surface area (Å²) in [5.41, 5.74) is 2.31. The predicted octanol–water partition coefficient (Wildman–Crippen LogP) is 1.93. The van der Waals surface area contributed by atoms with Gasteiger partial charge in [0.05, 0.1) is 12.1 Å². The zero-order valence-corrected chi connectivity index (χ0v) is 10.1. The third kappa shape index (κ3) is 2.09. The van der Waals surface area contributed by atoms with Crippen molar-refractivity contribution in [3.63, 3.8) is 0 Å². The molecule has 1 unspecified atom stereocenters. The van der Waals surface area contributed by atoms with Crippen molar-refractivity contribution in [2.75, 3.05) is 20.1 Å². The number of benzene rings is 1. The number of carbonyl (C=O) groups excluding carboxylic acids is 1. The number of aryl methyl sites for hydroxylation is 1. The van der Waals surface area contributed by atoms with Crippen molar-refractivity contribution in [3.8, 4) is 6.07 Å². The predicted molar refractivity (Wildman–Crippen MR) is 64.3 cm³/mol. The second-order valence-electron chi connectivity index (χ2n) is 4.36. The van der Waals surface area contributed by atoms with Gasteiger partial charge in [-0.05, 0) is 12.5 Å². The second-order valence-corrected chi connectivity index (χ2v) is 4.36. The van der Waals surface area contributed by atoms with E-state index in [-0.39, 0.29) is 18.6 Å². The van der Waals surface area contributed by atoms with E-state index in [1.165, 1.54) is 5.56 Å². The molecule has 0 aliphatic carbocycles. The monoisotopic (exact) mass is 229 g/mol. The first-order valence-corrected chi connectivity index (χ1v) is 5.58. The number of carbonyl (C=O) groups is 1. The van der Waals surface area contributed by atoms with E-state index >= 15 is 0 Å². The standard InChI is InChI=1S/C13H15N3O/c1-10-4-3-5-11(8-10)12-9-16(7-6-14)13(17)15(12)2/h3-5,8,12H,7,9H2,1-2H3. The van der Waals surface area contributed by atoms with Crippen LogP contribution in [-0.4, -0.2) is 36.0 Å². The smallest absolute Gasteiger partial charge is 0.319 e. The number of amides is 2. The zero-order chi connectivity index (χ0) is 12.4. The lowest BCUT2D eigenvalue weighted by Crippen LogP contribution is -2.29. The molecule has 0 N–H and O–H groups in total. The summed E-state index contributed by atoms with van der Waals surface area (Å²) < 4.78 is 0. The van der Waals surface area contributed by atoms with E-state index < -0.39 is 0 Å². The van der Waals surface area contributed by atoms with Gasteiger partial charge in [0.25, 0.3) is 0 Å². The molecule has 0 bridgehead atoms. The quantitative estimate of drug-likeness (QED) is 0.727. The fourth-order valence-electron chi connectivity index (χ4n) is 2.19. The van der Waals surface area contributed by atoms with Crippen LogP contribution >= 0.6 is 0 Å². The van der Waals surface area contributed by atoms with Crippen LogP contribution in [0.15, 0.2) is 24.3 Å². The van der Waals surface area contributed by atoms with Gasteiger partial charge in [-0.25, -0.2) is 4.79 Å². The first kappa shape index (κ1) is 11.5. The average molecular weight is 229 g/mol. The van der Waals surface area contributed by atoms with Gasteiger partial charge >= 0.3 is 6.03 Å². The Morgan fingerprint density at radius 1 is 1.53 bits per heavy atom. The topological polar surface area (TPSA) is 47.3 Å². The zero-order valence-electron chi connectivity index (χ0n) is 10.1. The molecular weight excluding hydrogens is 214 g/mol. The number of hydrogen-bond donors (Lipinski definition) is 0. The highest BCUT2D eigenvalue weighted by Crippen LogP contribution is 2.28. The molecular formula is C13H15N3O. The Labute approximate surface area is 101 Å². The number of likely N-dealkylation sites (N-methyl/N-ethyl adjacent to an activating group) is 1. The van der Waals surface area contributed by atoms with Gasteiger partial charge in [-0.3, -0.25) is 0 Å². The molecule has 88 valence electrons. The molecule has 0 spiro atoms. The van der Waals surface area contributed by atoms with Crippen molar-refractivity contribution in [3.05, 3.63) is 35.4 Å². The molecule has 1 aromatic carbocycles. The van der Waals surface area contributed by atoms with Crippen molar-refractivity contribution in [1.29, 1.82) is 5.26 Å². The van der Waals surface area contributed by atoms with Crippen LogP contribution < -0.4 is 0 Å². The van der Waals surface area contributed by atoms with Crippen LogP contribution in [0.25, 0.3) is 0 Å². The number of rotatable bonds is 2. The molecule has 4 nitrogen and oxygen atoms in total. The Balaban J connectivity index is 2.24. The Bertz CT molecular complexity index is 478. The van der Waals surface area contributed by atoms with Gasteiger partial charge in [0.2, 0.25) is 0 Å². The summed E-state index contributed by atoms with van der Waals surface area (Å²) in [5.74, 6) is 0. The minimum atomic E-state index is -0.0712. The van der Waals surface area contributed by atoms with Gasteiger partial charge in [0.1, 0.15) is 6.54 Å². The Hall–Kier alpha value is -2.02. The molecule has 1 aliphatic heterocycles. The summed E-state index contributed by atoms with van der Waals surface area (Å²) >= 11 is 0. The molecule has 1 aromatic rings. The van der Waals surface area contributed by atoms with Gasteiger partial charge in [0, 0.05) is 13.6 Å². The van der Waals surface area contributed by atoms with Crippen LogP contribution in [0.4, 0.5) is 4.79 Å². The largest absolute Gasteiger partial charge is 0.321 e. The summed E-state index contributed by atoms with van der Waals surface area (Å²) in [6.45, 7) is 2.78. The van der Waals surface area contributed by atoms with E-state index in [9.17, 15) is 4.79 Å². The van der Waals surface area contributed by atoms with E-state index in [0.717, 1.165) is 5.56 Å². The maximum absolute atomic E-state index is 11.9. The van der Waals surface area contributed by atoms with Gasteiger partial charge in [0.15, 0.2) is 0 Å². The SMILES string of the molecule is Cc1cccc(C2CN(CC#N)C(=O)N2C)c1. The molecule has 1 atom stereocenters. The first-order chi connectivity index (χ1) is 8.13. The lowest BCUT2D eigenvalue weighted by atomic mass is 10.0. The van der Waals surface area contributed by atoms with Gasteiger partial charge < -0.3 is 9.80 Å². The summed E-state index contributed by atoms with van der Waals surface area (Å²) in [4.78, 5) is 15.1. The summed E-state index contributed by atoms with van der Waals surface area (Å²) in [5, 5.41) is 8.67. The minimum absolute atomic E-state index is 0.0516. The molecule has 17 heavy (non-hydrogen) atoms. The van der Waals surface area contributed by atoms with E-state index in [0.29, 0.717) is 6.54 Å². The Kier molecular flexibility index (Phi) is 3.01. The Morgan fingerprint density at radius 3 is 2.94 bits per heavy atom. The van der Waals surface area contributed by atoms with Gasteiger partial charge in [-0.15, -0.1) is 0 Å². The fraction of sp³-hybridized carbons (Fsp3) is 0.385. The molecule has 2 rings (SSSR count). The molecule has 1 aliphatic rings. The third-order valence-corrected chi connectivity index (χ3v) is 3.12. The average Bonchev–Trinajstić information content (AvgIpc) is 2.58. The van der Waals surface area contributed by atoms with Crippen LogP contribution in [0, 0.1) is 18.3 Å². The molecule has 4 heteroatoms. The first-order valence-electron chi connectivity index (χ1n) is 5.58. The van der Waals surface area contributed by atoms with Crippen LogP contribution in [0.3, 0.4) is 0 Å². The lowest BCUT2D eigenvalue weighted by Gasteiger charge is -2.18. The van der Waals surface area contributed by atoms with E-state index in [2.05, 4.69) is 6.07 Å². The molecule has 1 fully saturated rings. The molecule has 1 heterocycles. The molecule has 1 saturated heterocycles. The van der Waals surface area contributed by atoms with E-state index in [1.54, 1.807) is 16.8 Å². The van der Waals surface area contributed by atoms with Crippen molar-refractivity contribution in [2.24, 2.45) is 0 Å². The minimum Gasteiger partial charge on any atom is -0.319 e. The van der Waals surface area contributed by atoms with Crippen molar-refractivity contribution >= 4 is 6.03 Å². The van der Waals surface area contributed by atoms with Gasteiger partial charge in [-0.1, -0.05) is 29.8 Å². The van der Waals surface area contributed by atoms with Crippen LogP contribution in [-0.2, 0) is 0 Å². The highest BCUT2D eigenvalue weighted by atomic mass is 16.2. The third-order valence-electron chi connectivity index (χ3n) is 3.12. The number of nitriles is 1. The highest BCUT2D eigenvalue weighted by molar-refractivity contribution is 5.77. The van der Waals surface area contributed by atoms with E-state index in [4.69, 9.17) is 5.26 Å². The fourth-order valence-corrected chi connectivity index (χ4v) is 2.19. The summed E-state index contributed by atoms with van der Waals surface area (Å²) in [6, 6.07) is 10.1. The van der Waals surface area contributed by atoms with Crippen LogP contribution in [0.5, 0.6) is 0 Å². The normalized spacial score (nSPS) is 19.6. The van der Waals surface area contributed by atoms with Crippen molar-refractivity contribution < 1.29 is 4.79 Å². The Morgan fingerprint density at radius 2 is 2.29 bits per heavy atom. The van der Waals surface area contributed by atoms with Crippen LogP contribution in [0.1, 0.15) is 17.2 Å². The van der Waals surface area contributed by atoms with Gasteiger partial charge in [-0.2, -0.15) is 5.26 Å². The number of hydrogen-bond acceptors (Lipinski definition) is 2. The highest BCUT2D eigenvalue weighted by Gasteiger charge is 2.35. The number of nitrogens with zero attached hydrogens (tertiary/aromatic N) is 3. The lowest BCUT2D eigenvalue weighted by molar-refractivity contribution is 0.199. The summed E-state index contributed by atoms with van der Waals surface area (Å²) in [7, 11) is 1.78. The molecule has 0 saturated carbocycles.